The van der Waals surface area contributed by atoms with Crippen molar-refractivity contribution < 1.29 is 23.9 Å². The van der Waals surface area contributed by atoms with Crippen LogP contribution in [-0.2, 0) is 14.3 Å². The van der Waals surface area contributed by atoms with Crippen LogP contribution in [0.5, 0.6) is 5.75 Å². The fraction of sp³-hybridized carbons (Fsp3) is 0.455. The highest BCUT2D eigenvalue weighted by Crippen LogP contribution is 2.21. The van der Waals surface area contributed by atoms with Crippen molar-refractivity contribution in [2.45, 2.75) is 12.8 Å². The van der Waals surface area contributed by atoms with Gasteiger partial charge in [0, 0.05) is 37.5 Å². The van der Waals surface area contributed by atoms with Crippen molar-refractivity contribution in [3.63, 3.8) is 0 Å². The SMILES string of the molecule is O=C(NNC(=O)C1CCN(C(=O)COc2ccccc2)CC1)c1csc(N2CCOCC2)n1. The van der Waals surface area contributed by atoms with Gasteiger partial charge < -0.3 is 19.3 Å². The molecule has 2 aromatic rings. The zero-order chi connectivity index (χ0) is 23.0. The first-order valence-electron chi connectivity index (χ1n) is 10.9. The fourth-order valence-electron chi connectivity index (χ4n) is 3.70. The van der Waals surface area contributed by atoms with E-state index in [2.05, 4.69) is 20.7 Å². The van der Waals surface area contributed by atoms with E-state index in [9.17, 15) is 14.4 Å². The molecule has 0 aliphatic carbocycles. The van der Waals surface area contributed by atoms with Crippen molar-refractivity contribution in [1.82, 2.24) is 20.7 Å². The van der Waals surface area contributed by atoms with E-state index in [1.807, 2.05) is 18.2 Å². The molecule has 2 aliphatic heterocycles. The van der Waals surface area contributed by atoms with E-state index in [0.29, 0.717) is 44.9 Å². The molecule has 3 amide bonds. The van der Waals surface area contributed by atoms with Gasteiger partial charge in [-0.2, -0.15) is 0 Å². The maximum atomic E-state index is 12.5. The number of piperidine rings is 1. The fourth-order valence-corrected chi connectivity index (χ4v) is 4.56. The van der Waals surface area contributed by atoms with Gasteiger partial charge in [-0.25, -0.2) is 4.98 Å². The molecule has 1 aromatic carbocycles. The van der Waals surface area contributed by atoms with Gasteiger partial charge >= 0.3 is 0 Å². The zero-order valence-corrected chi connectivity index (χ0v) is 19.0. The molecule has 33 heavy (non-hydrogen) atoms. The maximum absolute atomic E-state index is 12.5. The van der Waals surface area contributed by atoms with E-state index in [1.165, 1.54) is 11.3 Å². The molecule has 3 heterocycles. The molecule has 0 unspecified atom stereocenters. The Bertz CT molecular complexity index is 955. The summed E-state index contributed by atoms with van der Waals surface area (Å²) in [4.78, 5) is 45.3. The Labute approximate surface area is 195 Å². The standard InChI is InChI=1S/C22H27N5O5S/c28-19(14-32-17-4-2-1-3-5-17)26-8-6-16(7-9-26)20(29)24-25-21(30)18-15-33-22(23-18)27-10-12-31-13-11-27/h1-5,15-16H,6-14H2,(H,24,29)(H,25,30). The van der Waals surface area contributed by atoms with Crippen LogP contribution in [0.4, 0.5) is 5.13 Å². The van der Waals surface area contributed by atoms with Gasteiger partial charge in [0.05, 0.1) is 13.2 Å². The Balaban J connectivity index is 1.17. The van der Waals surface area contributed by atoms with Gasteiger partial charge in [-0.05, 0) is 25.0 Å². The van der Waals surface area contributed by atoms with Crippen LogP contribution in [0.3, 0.4) is 0 Å². The third-order valence-corrected chi connectivity index (χ3v) is 6.53. The monoisotopic (exact) mass is 473 g/mol. The maximum Gasteiger partial charge on any atom is 0.289 e. The number of para-hydroxylation sites is 1. The van der Waals surface area contributed by atoms with E-state index >= 15 is 0 Å². The second-order valence-corrected chi connectivity index (χ2v) is 8.65. The number of nitrogens with zero attached hydrogens (tertiary/aromatic N) is 3. The Hall–Kier alpha value is -3.18. The number of likely N-dealkylation sites (tertiary alicyclic amines) is 1. The summed E-state index contributed by atoms with van der Waals surface area (Å²) in [6, 6.07) is 9.17. The largest absolute Gasteiger partial charge is 0.484 e. The molecule has 2 N–H and O–H groups in total. The molecule has 10 nitrogen and oxygen atoms in total. The number of hydrogen-bond acceptors (Lipinski definition) is 8. The van der Waals surface area contributed by atoms with Crippen LogP contribution < -0.4 is 20.5 Å². The van der Waals surface area contributed by atoms with E-state index in [4.69, 9.17) is 9.47 Å². The number of morpholine rings is 1. The van der Waals surface area contributed by atoms with E-state index in [0.717, 1.165) is 18.2 Å². The lowest BCUT2D eigenvalue weighted by Crippen LogP contribution is -2.48. The molecule has 0 spiro atoms. The van der Waals surface area contributed by atoms with Crippen molar-refractivity contribution in [1.29, 1.82) is 0 Å². The van der Waals surface area contributed by atoms with Crippen molar-refractivity contribution in [3.05, 3.63) is 41.4 Å². The second-order valence-electron chi connectivity index (χ2n) is 7.81. The minimum atomic E-state index is -0.454. The van der Waals surface area contributed by atoms with Crippen LogP contribution in [0.25, 0.3) is 0 Å². The highest BCUT2D eigenvalue weighted by atomic mass is 32.1. The van der Waals surface area contributed by atoms with Gasteiger partial charge in [-0.1, -0.05) is 18.2 Å². The lowest BCUT2D eigenvalue weighted by Gasteiger charge is -2.31. The number of benzene rings is 1. The van der Waals surface area contributed by atoms with Gasteiger partial charge in [0.1, 0.15) is 11.4 Å². The first kappa shape index (κ1) is 23.0. The number of amides is 3. The van der Waals surface area contributed by atoms with Crippen molar-refractivity contribution in [2.24, 2.45) is 5.92 Å². The summed E-state index contributed by atoms with van der Waals surface area (Å²) in [6.07, 6.45) is 1.05. The second kappa shape index (κ2) is 11.1. The molecule has 0 bridgehead atoms. The van der Waals surface area contributed by atoms with Crippen LogP contribution in [0.2, 0.25) is 0 Å². The Morgan fingerprint density at radius 2 is 1.79 bits per heavy atom. The average molecular weight is 474 g/mol. The number of thiazole rings is 1. The zero-order valence-electron chi connectivity index (χ0n) is 18.2. The van der Waals surface area contributed by atoms with Gasteiger partial charge in [-0.15, -0.1) is 11.3 Å². The van der Waals surface area contributed by atoms with E-state index in [1.54, 1.807) is 22.4 Å². The van der Waals surface area contributed by atoms with E-state index < -0.39 is 5.91 Å². The summed E-state index contributed by atoms with van der Waals surface area (Å²) >= 11 is 1.39. The highest BCUT2D eigenvalue weighted by molar-refractivity contribution is 7.13. The predicted octanol–water partition coefficient (Wildman–Crippen LogP) is 1.06. The number of rotatable bonds is 6. The summed E-state index contributed by atoms with van der Waals surface area (Å²) < 4.78 is 10.8. The summed E-state index contributed by atoms with van der Waals surface area (Å²) in [5.74, 6) is -0.452. The topological polar surface area (TPSA) is 113 Å². The summed E-state index contributed by atoms with van der Waals surface area (Å²) in [5, 5.41) is 2.44. The summed E-state index contributed by atoms with van der Waals surface area (Å²) in [6.45, 7) is 3.67. The third-order valence-electron chi connectivity index (χ3n) is 5.63. The third kappa shape index (κ3) is 6.20. The van der Waals surface area contributed by atoms with Gasteiger partial charge in [0.15, 0.2) is 11.7 Å². The van der Waals surface area contributed by atoms with E-state index in [-0.39, 0.29) is 30.0 Å². The molecule has 176 valence electrons. The van der Waals surface area contributed by atoms with Crippen LogP contribution in [0, 0.1) is 5.92 Å². The molecule has 0 radical (unpaired) electrons. The van der Waals surface area contributed by atoms with Crippen LogP contribution in [0.15, 0.2) is 35.7 Å². The van der Waals surface area contributed by atoms with Crippen LogP contribution >= 0.6 is 11.3 Å². The minimum Gasteiger partial charge on any atom is -0.484 e. The van der Waals surface area contributed by atoms with Gasteiger partial charge in [-0.3, -0.25) is 25.2 Å². The molecule has 2 aliphatic rings. The number of carbonyl (C=O) groups is 3. The molecule has 0 saturated carbocycles. The normalized spacial score (nSPS) is 16.8. The first-order chi connectivity index (χ1) is 16.1. The molecule has 0 atom stereocenters. The molecule has 11 heteroatoms. The quantitative estimate of drug-likeness (QED) is 0.603. The Morgan fingerprint density at radius 3 is 2.52 bits per heavy atom. The number of hydrazine groups is 1. The minimum absolute atomic E-state index is 0.0307. The first-order valence-corrected chi connectivity index (χ1v) is 11.8. The van der Waals surface area contributed by atoms with Gasteiger partial charge in [0.2, 0.25) is 5.91 Å². The molecule has 4 rings (SSSR count). The lowest BCUT2D eigenvalue weighted by atomic mass is 9.96. The highest BCUT2D eigenvalue weighted by Gasteiger charge is 2.28. The Kier molecular flexibility index (Phi) is 7.74. The lowest BCUT2D eigenvalue weighted by molar-refractivity contribution is -0.137. The predicted molar refractivity (Wildman–Crippen MR) is 122 cm³/mol. The molecule has 2 fully saturated rings. The van der Waals surface area contributed by atoms with Crippen molar-refractivity contribution >= 4 is 34.2 Å². The molecule has 1 aromatic heterocycles. The molecule has 2 saturated heterocycles. The summed E-state index contributed by atoms with van der Waals surface area (Å²) in [5.41, 5.74) is 5.21. The Morgan fingerprint density at radius 1 is 1.06 bits per heavy atom. The molecular weight excluding hydrogens is 446 g/mol. The number of ether oxygens (including phenoxy) is 2. The summed E-state index contributed by atoms with van der Waals surface area (Å²) in [7, 11) is 0. The van der Waals surface area contributed by atoms with Crippen LogP contribution in [0.1, 0.15) is 23.3 Å². The smallest absolute Gasteiger partial charge is 0.289 e. The van der Waals surface area contributed by atoms with Crippen molar-refractivity contribution in [2.75, 3.05) is 50.9 Å². The number of nitrogens with one attached hydrogen (secondary N) is 2. The number of anilines is 1. The number of aromatic nitrogens is 1. The average Bonchev–Trinajstić information content (AvgIpc) is 3.37. The van der Waals surface area contributed by atoms with Crippen molar-refractivity contribution in [3.8, 4) is 5.75 Å². The van der Waals surface area contributed by atoms with Gasteiger partial charge in [0.25, 0.3) is 11.8 Å². The van der Waals surface area contributed by atoms with Crippen LogP contribution in [-0.4, -0.2) is 73.6 Å². The molecular formula is C22H27N5O5S. The number of carbonyl (C=O) groups excluding carboxylic acids is 3. The number of hydrogen-bond donors (Lipinski definition) is 2.